The van der Waals surface area contributed by atoms with E-state index in [2.05, 4.69) is 5.10 Å². The fourth-order valence-corrected chi connectivity index (χ4v) is 4.21. The van der Waals surface area contributed by atoms with E-state index >= 15 is 0 Å². The fraction of sp³-hybridized carbons (Fsp3) is 0.423. The van der Waals surface area contributed by atoms with Crippen LogP contribution in [0.25, 0.3) is 0 Å². The van der Waals surface area contributed by atoms with Crippen LogP contribution >= 0.6 is 23.2 Å². The van der Waals surface area contributed by atoms with E-state index in [4.69, 9.17) is 23.2 Å². The number of amides is 1. The maximum atomic E-state index is 13.7. The second kappa shape index (κ2) is 8.64. The fourth-order valence-electron chi connectivity index (χ4n) is 3.85. The van der Waals surface area contributed by atoms with E-state index in [1.165, 1.54) is 5.01 Å². The van der Waals surface area contributed by atoms with Crippen LogP contribution < -0.4 is 5.01 Å². The van der Waals surface area contributed by atoms with Gasteiger partial charge >= 0.3 is 0 Å². The summed E-state index contributed by atoms with van der Waals surface area (Å²) in [5.41, 5.74) is 3.01. The third-order valence-electron chi connectivity index (χ3n) is 5.53. The molecule has 1 aliphatic carbocycles. The first-order valence-corrected chi connectivity index (χ1v) is 11.6. The van der Waals surface area contributed by atoms with Gasteiger partial charge in [-0.05, 0) is 53.2 Å². The van der Waals surface area contributed by atoms with Gasteiger partial charge in [-0.1, -0.05) is 78.1 Å². The Labute approximate surface area is 200 Å². The Morgan fingerprint density at radius 1 is 0.938 bits per heavy atom. The molecule has 1 aromatic carbocycles. The van der Waals surface area contributed by atoms with Crippen LogP contribution in [0.2, 0.25) is 10.0 Å². The monoisotopic (exact) mass is 472 g/mol. The summed E-state index contributed by atoms with van der Waals surface area (Å²) in [7, 11) is 0. The lowest BCUT2D eigenvalue weighted by atomic mass is 9.71. The van der Waals surface area contributed by atoms with Gasteiger partial charge < -0.3 is 0 Å². The van der Waals surface area contributed by atoms with Crippen molar-refractivity contribution in [2.75, 3.05) is 5.01 Å². The molecule has 3 rings (SSSR count). The molecule has 0 spiro atoms. The summed E-state index contributed by atoms with van der Waals surface area (Å²) in [4.78, 5) is 27.0. The number of allylic oxidation sites excluding steroid dienone is 5. The standard InChI is InChI=1S/C26H30Cl2N2O2/c1-8-9-20-22(24(32)30(29-20)21-14-16(27)10-11-19(21)28)15-12-17(25(2,3)4)23(31)18(13-15)26(5,6)7/h10-14H,8-9H2,1-7H3. The van der Waals surface area contributed by atoms with E-state index in [9.17, 15) is 9.59 Å². The van der Waals surface area contributed by atoms with E-state index in [-0.39, 0.29) is 22.5 Å². The Morgan fingerprint density at radius 3 is 2.00 bits per heavy atom. The van der Waals surface area contributed by atoms with Crippen molar-refractivity contribution in [3.05, 3.63) is 62.7 Å². The minimum Gasteiger partial charge on any atom is -0.289 e. The van der Waals surface area contributed by atoms with Crippen molar-refractivity contribution in [3.8, 4) is 0 Å². The summed E-state index contributed by atoms with van der Waals surface area (Å²) in [6.07, 6.45) is 5.17. The molecule has 0 bridgehead atoms. The predicted molar refractivity (Wildman–Crippen MR) is 133 cm³/mol. The number of hydrogen-bond acceptors (Lipinski definition) is 3. The van der Waals surface area contributed by atoms with Crippen LogP contribution in [-0.2, 0) is 9.59 Å². The number of ketones is 1. The van der Waals surface area contributed by atoms with Gasteiger partial charge in [0.15, 0.2) is 5.78 Å². The average molecular weight is 473 g/mol. The Morgan fingerprint density at radius 2 is 1.50 bits per heavy atom. The number of halogens is 2. The SMILES string of the molecule is CCCC1=NN(c2cc(Cl)ccc2Cl)C(=O)C1=C1C=C(C(C)(C)C)C(=O)C(C(C)(C)C)=C1. The van der Waals surface area contributed by atoms with Crippen molar-refractivity contribution in [1.29, 1.82) is 0 Å². The van der Waals surface area contributed by atoms with Crippen LogP contribution in [0.3, 0.4) is 0 Å². The third-order valence-corrected chi connectivity index (χ3v) is 6.09. The van der Waals surface area contributed by atoms with E-state index in [1.807, 2.05) is 60.6 Å². The molecular formula is C26H30Cl2N2O2. The molecule has 6 heteroatoms. The number of anilines is 1. The zero-order chi connectivity index (χ0) is 24.0. The highest BCUT2D eigenvalue weighted by molar-refractivity contribution is 6.38. The minimum absolute atomic E-state index is 0.0310. The van der Waals surface area contributed by atoms with Crippen LogP contribution in [0, 0.1) is 10.8 Å². The zero-order valence-electron chi connectivity index (χ0n) is 19.8. The molecule has 1 heterocycles. The predicted octanol–water partition coefficient (Wildman–Crippen LogP) is 7.32. The first-order valence-electron chi connectivity index (χ1n) is 10.9. The van der Waals surface area contributed by atoms with Gasteiger partial charge in [-0.15, -0.1) is 0 Å². The van der Waals surface area contributed by atoms with Crippen LogP contribution in [-0.4, -0.2) is 17.4 Å². The Hall–Kier alpha value is -2.17. The molecule has 0 N–H and O–H groups in total. The molecule has 0 saturated carbocycles. The number of nitrogens with zero attached hydrogens (tertiary/aromatic N) is 2. The number of Topliss-reactive ketones (excluding diaryl/α,β-unsaturated/α-hetero) is 1. The highest BCUT2D eigenvalue weighted by atomic mass is 35.5. The summed E-state index contributed by atoms with van der Waals surface area (Å²) >= 11 is 12.5. The summed E-state index contributed by atoms with van der Waals surface area (Å²) in [6, 6.07) is 4.97. The molecule has 0 unspecified atom stereocenters. The molecule has 32 heavy (non-hydrogen) atoms. The van der Waals surface area contributed by atoms with E-state index < -0.39 is 0 Å². The molecule has 0 fully saturated rings. The molecule has 0 aromatic heterocycles. The van der Waals surface area contributed by atoms with Crippen molar-refractivity contribution in [1.82, 2.24) is 0 Å². The third kappa shape index (κ3) is 4.62. The topological polar surface area (TPSA) is 49.7 Å². The second-order valence-electron chi connectivity index (χ2n) is 10.3. The minimum atomic E-state index is -0.368. The Kier molecular flexibility index (Phi) is 6.61. The lowest BCUT2D eigenvalue weighted by Crippen LogP contribution is -2.29. The normalized spacial score (nSPS) is 17.7. The highest BCUT2D eigenvalue weighted by Gasteiger charge is 2.38. The lowest BCUT2D eigenvalue weighted by molar-refractivity contribution is -0.115. The van der Waals surface area contributed by atoms with Gasteiger partial charge in [0.2, 0.25) is 0 Å². The molecule has 0 radical (unpaired) electrons. The molecular weight excluding hydrogens is 443 g/mol. The quantitative estimate of drug-likeness (QED) is 0.432. The van der Waals surface area contributed by atoms with Crippen molar-refractivity contribution >= 4 is 46.3 Å². The second-order valence-corrected chi connectivity index (χ2v) is 11.1. The first kappa shape index (κ1) is 24.5. The largest absolute Gasteiger partial charge is 0.289 e. The zero-order valence-corrected chi connectivity index (χ0v) is 21.3. The average Bonchev–Trinajstić information content (AvgIpc) is 2.98. The van der Waals surface area contributed by atoms with Gasteiger partial charge in [0.25, 0.3) is 5.91 Å². The van der Waals surface area contributed by atoms with Crippen molar-refractivity contribution < 1.29 is 9.59 Å². The smallest absolute Gasteiger partial charge is 0.281 e. The summed E-state index contributed by atoms with van der Waals surface area (Å²) < 4.78 is 0. The summed E-state index contributed by atoms with van der Waals surface area (Å²) in [5, 5.41) is 6.83. The highest BCUT2D eigenvalue weighted by Crippen LogP contribution is 2.41. The number of hydrogen-bond donors (Lipinski definition) is 0. The van der Waals surface area contributed by atoms with Gasteiger partial charge in [-0.3, -0.25) is 9.59 Å². The number of carbonyl (C=O) groups excluding carboxylic acids is 2. The van der Waals surface area contributed by atoms with Gasteiger partial charge in [-0.25, -0.2) is 0 Å². The Balaban J connectivity index is 2.27. The molecule has 0 atom stereocenters. The number of hydrazone groups is 1. The molecule has 2 aliphatic rings. The van der Waals surface area contributed by atoms with E-state index in [0.717, 1.165) is 12.0 Å². The van der Waals surface area contributed by atoms with Crippen molar-refractivity contribution in [2.24, 2.45) is 15.9 Å². The number of benzene rings is 1. The van der Waals surface area contributed by atoms with Crippen LogP contribution in [0.4, 0.5) is 5.69 Å². The summed E-state index contributed by atoms with van der Waals surface area (Å²) in [5.74, 6) is -0.237. The Bertz CT molecular complexity index is 1070. The molecule has 1 amide bonds. The number of carbonyl (C=O) groups is 2. The first-order chi connectivity index (χ1) is 14.8. The molecule has 1 aromatic rings. The number of rotatable bonds is 3. The molecule has 0 saturated heterocycles. The van der Waals surface area contributed by atoms with Crippen LogP contribution in [0.5, 0.6) is 0 Å². The van der Waals surface area contributed by atoms with Gasteiger partial charge in [0.05, 0.1) is 22.0 Å². The van der Waals surface area contributed by atoms with Crippen LogP contribution in [0.15, 0.2) is 57.7 Å². The maximum absolute atomic E-state index is 13.7. The van der Waals surface area contributed by atoms with Crippen LogP contribution in [0.1, 0.15) is 61.3 Å². The van der Waals surface area contributed by atoms with E-state index in [0.29, 0.717) is 44.6 Å². The van der Waals surface area contributed by atoms with Gasteiger partial charge in [0, 0.05) is 16.2 Å². The molecule has 1 aliphatic heterocycles. The lowest BCUT2D eigenvalue weighted by Gasteiger charge is -2.31. The van der Waals surface area contributed by atoms with Crippen molar-refractivity contribution in [3.63, 3.8) is 0 Å². The maximum Gasteiger partial charge on any atom is 0.281 e. The molecule has 4 nitrogen and oxygen atoms in total. The van der Waals surface area contributed by atoms with Gasteiger partial charge in [0.1, 0.15) is 0 Å². The molecule has 170 valence electrons. The van der Waals surface area contributed by atoms with E-state index in [1.54, 1.807) is 18.2 Å². The van der Waals surface area contributed by atoms with Crippen molar-refractivity contribution in [2.45, 2.75) is 61.3 Å². The van der Waals surface area contributed by atoms with Gasteiger partial charge in [-0.2, -0.15) is 10.1 Å². The summed E-state index contributed by atoms with van der Waals surface area (Å²) in [6.45, 7) is 14.1.